The Bertz CT molecular complexity index is 1020. The van der Waals surface area contributed by atoms with Gasteiger partial charge in [0.15, 0.2) is 11.9 Å². The number of carboxylic acid groups (broad SMARTS) is 1. The molecule has 1 unspecified atom stereocenters. The number of amides is 1. The van der Waals surface area contributed by atoms with E-state index in [1.165, 1.54) is 0 Å². The molecule has 1 aromatic carbocycles. The van der Waals surface area contributed by atoms with Gasteiger partial charge in [0.1, 0.15) is 11.4 Å². The maximum atomic E-state index is 12.0. The number of aliphatic carboxylic acids is 1. The Hall–Kier alpha value is -3.30. The highest BCUT2D eigenvalue weighted by Crippen LogP contribution is 2.30. The highest BCUT2D eigenvalue weighted by Gasteiger charge is 2.27. The molecule has 2 N–H and O–H groups in total. The Morgan fingerprint density at radius 2 is 1.81 bits per heavy atom. The van der Waals surface area contributed by atoms with Crippen LogP contribution in [0.2, 0.25) is 0 Å². The molecule has 2 heterocycles. The van der Waals surface area contributed by atoms with E-state index in [9.17, 15) is 14.7 Å². The predicted molar refractivity (Wildman–Crippen MR) is 139 cm³/mol. The van der Waals surface area contributed by atoms with Crippen LogP contribution in [0.3, 0.4) is 0 Å². The minimum Gasteiger partial charge on any atom is -0.494 e. The van der Waals surface area contributed by atoms with Gasteiger partial charge >= 0.3 is 18.1 Å². The summed E-state index contributed by atoms with van der Waals surface area (Å²) in [5, 5.41) is 16.0. The molecule has 3 rings (SSSR count). The molecule has 1 amide bonds. The molecular formula is C27H40N4O6. The standard InChI is InChI=1S/C27H40N4O6/c1-17(2)23-29-25(37-30-23)31-14-11-19(12-15-31)18(3)13-16-35-21-9-7-20(8-10-21)22(24(32)33)28-26(34)36-27(4,5)6/h7-10,17-19,22H,11-16H2,1-6H3,(H,28,34)(H,32,33)/t18-,22?/m1/s1. The number of piperidine rings is 1. The van der Waals surface area contributed by atoms with Gasteiger partial charge < -0.3 is 29.3 Å². The third-order valence-corrected chi connectivity index (χ3v) is 6.53. The van der Waals surface area contributed by atoms with Crippen LogP contribution in [-0.2, 0) is 9.53 Å². The van der Waals surface area contributed by atoms with Gasteiger partial charge in [0.2, 0.25) is 0 Å². The average Bonchev–Trinajstić information content (AvgIpc) is 3.33. The molecule has 1 fully saturated rings. The van der Waals surface area contributed by atoms with Crippen molar-refractivity contribution in [1.82, 2.24) is 15.5 Å². The Kier molecular flexibility index (Phi) is 9.39. The van der Waals surface area contributed by atoms with Crippen molar-refractivity contribution in [3.05, 3.63) is 35.7 Å². The molecule has 1 aliphatic heterocycles. The van der Waals surface area contributed by atoms with Gasteiger partial charge in [-0.25, -0.2) is 9.59 Å². The van der Waals surface area contributed by atoms with Crippen LogP contribution in [0.25, 0.3) is 0 Å². The van der Waals surface area contributed by atoms with E-state index < -0.39 is 23.7 Å². The summed E-state index contributed by atoms with van der Waals surface area (Å²) in [5.74, 6) is 1.59. The number of carbonyl (C=O) groups excluding carboxylic acids is 1. The number of carbonyl (C=O) groups is 2. The lowest BCUT2D eigenvalue weighted by molar-refractivity contribution is -0.139. The average molecular weight is 517 g/mol. The maximum Gasteiger partial charge on any atom is 0.408 e. The second-order valence-corrected chi connectivity index (χ2v) is 11.0. The number of rotatable bonds is 10. The number of aromatic nitrogens is 2. The summed E-state index contributed by atoms with van der Waals surface area (Å²) in [6.07, 6.45) is 2.27. The lowest BCUT2D eigenvalue weighted by Crippen LogP contribution is -2.38. The second-order valence-electron chi connectivity index (χ2n) is 11.0. The molecule has 10 heteroatoms. The topological polar surface area (TPSA) is 127 Å². The number of ether oxygens (including phenoxy) is 2. The number of alkyl carbamates (subject to hydrolysis) is 1. The van der Waals surface area contributed by atoms with Crippen LogP contribution in [0.4, 0.5) is 10.8 Å². The fourth-order valence-corrected chi connectivity index (χ4v) is 4.32. The van der Waals surface area contributed by atoms with Gasteiger partial charge in [0, 0.05) is 19.0 Å². The fraction of sp³-hybridized carbons (Fsp3) is 0.630. The molecule has 0 spiro atoms. The lowest BCUT2D eigenvalue weighted by atomic mass is 9.84. The van der Waals surface area contributed by atoms with E-state index in [1.807, 2.05) is 0 Å². The summed E-state index contributed by atoms with van der Waals surface area (Å²) in [5.41, 5.74) is -0.280. The SMILES string of the molecule is CC(C)c1noc(N2CCC([C@H](C)CCOc3ccc(C(NC(=O)OC(C)(C)C)C(=O)O)cc3)CC2)n1. The van der Waals surface area contributed by atoms with Crippen molar-refractivity contribution in [2.24, 2.45) is 11.8 Å². The first-order valence-corrected chi connectivity index (χ1v) is 13.0. The van der Waals surface area contributed by atoms with Crippen molar-refractivity contribution >= 4 is 18.1 Å². The number of nitrogens with one attached hydrogen (secondary N) is 1. The van der Waals surface area contributed by atoms with Crippen molar-refractivity contribution in [2.45, 2.75) is 78.4 Å². The zero-order valence-electron chi connectivity index (χ0n) is 22.7. The molecular weight excluding hydrogens is 476 g/mol. The van der Waals surface area contributed by atoms with Gasteiger partial charge in [0.25, 0.3) is 0 Å². The van der Waals surface area contributed by atoms with Crippen molar-refractivity contribution in [2.75, 3.05) is 24.6 Å². The number of hydrogen-bond donors (Lipinski definition) is 2. The Balaban J connectivity index is 1.43. The zero-order valence-corrected chi connectivity index (χ0v) is 22.7. The molecule has 0 radical (unpaired) electrons. The summed E-state index contributed by atoms with van der Waals surface area (Å²) in [4.78, 5) is 30.4. The van der Waals surface area contributed by atoms with E-state index >= 15 is 0 Å². The minimum atomic E-state index is -1.21. The predicted octanol–water partition coefficient (Wildman–Crippen LogP) is 5.17. The molecule has 1 saturated heterocycles. The molecule has 2 aromatic rings. The Morgan fingerprint density at radius 1 is 1.16 bits per heavy atom. The van der Waals surface area contributed by atoms with E-state index in [0.29, 0.717) is 35.8 Å². The fourth-order valence-electron chi connectivity index (χ4n) is 4.32. The first kappa shape index (κ1) is 28.3. The number of hydrogen-bond acceptors (Lipinski definition) is 8. The van der Waals surface area contributed by atoms with Gasteiger partial charge in [-0.3, -0.25) is 0 Å². The molecule has 204 valence electrons. The molecule has 0 aliphatic carbocycles. The lowest BCUT2D eigenvalue weighted by Gasteiger charge is -2.33. The number of benzene rings is 1. The third-order valence-electron chi connectivity index (χ3n) is 6.53. The van der Waals surface area contributed by atoms with Gasteiger partial charge in [-0.2, -0.15) is 4.98 Å². The van der Waals surface area contributed by atoms with Crippen LogP contribution < -0.4 is 15.0 Å². The van der Waals surface area contributed by atoms with Crippen LogP contribution in [0.1, 0.15) is 84.2 Å². The van der Waals surface area contributed by atoms with E-state index in [-0.39, 0.29) is 5.92 Å². The minimum absolute atomic E-state index is 0.249. The zero-order chi connectivity index (χ0) is 27.2. The van der Waals surface area contributed by atoms with Gasteiger partial charge in [-0.05, 0) is 69.6 Å². The van der Waals surface area contributed by atoms with E-state index in [2.05, 4.69) is 41.1 Å². The number of anilines is 1. The van der Waals surface area contributed by atoms with Crippen LogP contribution in [-0.4, -0.2) is 52.6 Å². The van der Waals surface area contributed by atoms with Crippen LogP contribution >= 0.6 is 0 Å². The monoisotopic (exact) mass is 516 g/mol. The highest BCUT2D eigenvalue weighted by molar-refractivity contribution is 5.81. The number of nitrogens with zero attached hydrogens (tertiary/aromatic N) is 3. The Morgan fingerprint density at radius 3 is 2.35 bits per heavy atom. The molecule has 0 bridgehead atoms. The van der Waals surface area contributed by atoms with Gasteiger partial charge in [-0.1, -0.05) is 38.1 Å². The summed E-state index contributed by atoms with van der Waals surface area (Å²) in [7, 11) is 0. The molecule has 1 aliphatic rings. The highest BCUT2D eigenvalue weighted by atomic mass is 16.6. The summed E-state index contributed by atoms with van der Waals surface area (Å²) in [6, 6.07) is 6.15. The second kappa shape index (κ2) is 12.3. The summed E-state index contributed by atoms with van der Waals surface area (Å²) < 4.78 is 16.5. The maximum absolute atomic E-state index is 12.0. The molecule has 37 heavy (non-hydrogen) atoms. The smallest absolute Gasteiger partial charge is 0.408 e. The van der Waals surface area contributed by atoms with E-state index in [4.69, 9.17) is 14.0 Å². The first-order valence-electron chi connectivity index (χ1n) is 13.0. The summed E-state index contributed by atoms with van der Waals surface area (Å²) >= 11 is 0. The third kappa shape index (κ3) is 8.36. The molecule has 0 saturated carbocycles. The van der Waals surface area contributed by atoms with Gasteiger partial charge in [-0.15, -0.1) is 0 Å². The molecule has 1 aromatic heterocycles. The van der Waals surface area contributed by atoms with Crippen molar-refractivity contribution in [3.8, 4) is 5.75 Å². The largest absolute Gasteiger partial charge is 0.494 e. The van der Waals surface area contributed by atoms with Crippen LogP contribution in [0.5, 0.6) is 5.75 Å². The Labute approximate surface area is 218 Å². The molecule has 10 nitrogen and oxygen atoms in total. The normalized spacial score (nSPS) is 16.4. The van der Waals surface area contributed by atoms with E-state index in [0.717, 1.165) is 38.2 Å². The quantitative estimate of drug-likeness (QED) is 0.440. The van der Waals surface area contributed by atoms with Crippen molar-refractivity contribution in [3.63, 3.8) is 0 Å². The number of carboxylic acids is 1. The van der Waals surface area contributed by atoms with Crippen LogP contribution in [0.15, 0.2) is 28.8 Å². The van der Waals surface area contributed by atoms with Crippen LogP contribution in [0, 0.1) is 11.8 Å². The van der Waals surface area contributed by atoms with Crippen molar-refractivity contribution in [1.29, 1.82) is 0 Å². The van der Waals surface area contributed by atoms with E-state index in [1.54, 1.807) is 45.0 Å². The first-order chi connectivity index (χ1) is 17.4. The van der Waals surface area contributed by atoms with Gasteiger partial charge in [0.05, 0.1) is 6.61 Å². The summed E-state index contributed by atoms with van der Waals surface area (Å²) in [6.45, 7) is 13.9. The molecule has 2 atom stereocenters. The van der Waals surface area contributed by atoms with Crippen molar-refractivity contribution < 1.29 is 28.7 Å².